The van der Waals surface area contributed by atoms with Gasteiger partial charge in [-0.25, -0.2) is 15.0 Å². The van der Waals surface area contributed by atoms with Crippen molar-refractivity contribution < 1.29 is 0 Å². The second kappa shape index (κ2) is 13.3. The number of nitrogens with zero attached hydrogens (tertiary/aromatic N) is 4. The van der Waals surface area contributed by atoms with Gasteiger partial charge in [0, 0.05) is 54.9 Å². The van der Waals surface area contributed by atoms with Crippen LogP contribution < -0.4 is 0 Å². The van der Waals surface area contributed by atoms with Gasteiger partial charge in [-0.3, -0.25) is 0 Å². The van der Waals surface area contributed by atoms with E-state index in [1.807, 2.05) is 24.3 Å². The number of para-hydroxylation sites is 1. The van der Waals surface area contributed by atoms with E-state index in [1.165, 1.54) is 37.7 Å². The fourth-order valence-corrected chi connectivity index (χ4v) is 8.93. The van der Waals surface area contributed by atoms with Crippen molar-refractivity contribution in [3.05, 3.63) is 206 Å². The van der Waals surface area contributed by atoms with Gasteiger partial charge >= 0.3 is 0 Å². The minimum Gasteiger partial charge on any atom is -0.309 e. The molecule has 274 valence electrons. The molecule has 0 amide bonds. The van der Waals surface area contributed by atoms with E-state index in [4.69, 9.17) is 15.0 Å². The predicted molar refractivity (Wildman–Crippen MR) is 246 cm³/mol. The molecule has 3 heterocycles. The summed E-state index contributed by atoms with van der Waals surface area (Å²) in [7, 11) is 0. The summed E-state index contributed by atoms with van der Waals surface area (Å²) in [6.45, 7) is 0. The highest BCUT2D eigenvalue weighted by molar-refractivity contribution is 6.29. The third-order valence-corrected chi connectivity index (χ3v) is 11.7. The van der Waals surface area contributed by atoms with E-state index in [2.05, 4.69) is 187 Å². The van der Waals surface area contributed by atoms with Crippen molar-refractivity contribution in [3.63, 3.8) is 0 Å². The SMILES string of the molecule is c1ccc(-c2cc(-c3ccc4c5c6c(ccc5n(-c5ccc7ccccc7c5)c4c3)c(-c3ccc4ccccc4c3)nc3ccccc36)nc(-c3ccccc3)n2)cc1. The maximum atomic E-state index is 5.37. The highest BCUT2D eigenvalue weighted by Gasteiger charge is 2.21. The normalized spacial score (nSPS) is 11.7. The molecule has 59 heavy (non-hydrogen) atoms. The quantitative estimate of drug-likeness (QED) is 0.165. The molecular formula is C55H34N4. The number of aromatic nitrogens is 4. The van der Waals surface area contributed by atoms with E-state index in [9.17, 15) is 0 Å². The first-order valence-corrected chi connectivity index (χ1v) is 20.0. The Morgan fingerprint density at radius 3 is 1.71 bits per heavy atom. The van der Waals surface area contributed by atoms with Gasteiger partial charge in [-0.05, 0) is 64.0 Å². The zero-order chi connectivity index (χ0) is 38.9. The Morgan fingerprint density at radius 1 is 0.322 bits per heavy atom. The molecule has 0 saturated heterocycles. The van der Waals surface area contributed by atoms with Crippen LogP contribution in [0.4, 0.5) is 0 Å². The largest absolute Gasteiger partial charge is 0.309 e. The molecule has 0 aliphatic rings. The second-order valence-corrected chi connectivity index (χ2v) is 15.2. The molecule has 0 N–H and O–H groups in total. The molecule has 4 heteroatoms. The molecule has 0 fully saturated rings. The number of fused-ring (bicyclic) bond motifs is 9. The van der Waals surface area contributed by atoms with Crippen LogP contribution in [0.5, 0.6) is 0 Å². The summed E-state index contributed by atoms with van der Waals surface area (Å²) >= 11 is 0. The summed E-state index contributed by atoms with van der Waals surface area (Å²) in [5, 5.41) is 10.7. The van der Waals surface area contributed by atoms with Gasteiger partial charge in [0.15, 0.2) is 5.82 Å². The fraction of sp³-hybridized carbons (Fsp3) is 0. The molecule has 0 aliphatic heterocycles. The van der Waals surface area contributed by atoms with Gasteiger partial charge in [-0.15, -0.1) is 0 Å². The molecule has 0 atom stereocenters. The average molecular weight is 751 g/mol. The van der Waals surface area contributed by atoms with E-state index in [0.717, 1.165) is 72.3 Å². The molecule has 4 nitrogen and oxygen atoms in total. The molecule has 9 aromatic carbocycles. The monoisotopic (exact) mass is 750 g/mol. The first-order chi connectivity index (χ1) is 29.2. The maximum Gasteiger partial charge on any atom is 0.160 e. The van der Waals surface area contributed by atoms with E-state index in [-0.39, 0.29) is 0 Å². The molecule has 12 aromatic rings. The summed E-state index contributed by atoms with van der Waals surface area (Å²) in [6.07, 6.45) is 0. The minimum absolute atomic E-state index is 0.698. The van der Waals surface area contributed by atoms with Crippen molar-refractivity contribution in [3.8, 4) is 50.8 Å². The number of hydrogen-bond acceptors (Lipinski definition) is 3. The average Bonchev–Trinajstić information content (AvgIpc) is 3.65. The number of hydrogen-bond donors (Lipinski definition) is 0. The van der Waals surface area contributed by atoms with Crippen LogP contribution in [0.3, 0.4) is 0 Å². The molecule has 0 spiro atoms. The summed E-state index contributed by atoms with van der Waals surface area (Å²) in [4.78, 5) is 15.7. The Morgan fingerprint density at radius 2 is 0.932 bits per heavy atom. The maximum absolute atomic E-state index is 5.37. The molecule has 0 radical (unpaired) electrons. The molecule has 0 aliphatic carbocycles. The van der Waals surface area contributed by atoms with Crippen LogP contribution in [0.15, 0.2) is 206 Å². The number of benzene rings is 9. The lowest BCUT2D eigenvalue weighted by atomic mass is 9.95. The second-order valence-electron chi connectivity index (χ2n) is 15.2. The molecule has 12 rings (SSSR count). The Balaban J connectivity index is 1.17. The van der Waals surface area contributed by atoms with Gasteiger partial charge < -0.3 is 4.57 Å². The standard InChI is InChI=1S/C55H34N4/c1-3-15-37(16-4-1)48-34-49(58-55(57-48)38-17-5-2-6-18-38)41-26-28-45-51(33-41)59(43-27-25-36-14-8-10-20-40(36)32-43)50-30-29-46-52(53(45)50)44-21-11-12-22-47(44)56-54(46)42-24-23-35-13-7-9-19-39(35)31-42/h1-34H. The summed E-state index contributed by atoms with van der Waals surface area (Å²) < 4.78 is 2.43. The molecule has 3 aromatic heterocycles. The summed E-state index contributed by atoms with van der Waals surface area (Å²) in [5.41, 5.74) is 11.2. The zero-order valence-electron chi connectivity index (χ0n) is 31.9. The van der Waals surface area contributed by atoms with Crippen molar-refractivity contribution in [1.82, 2.24) is 19.5 Å². The third-order valence-electron chi connectivity index (χ3n) is 11.7. The van der Waals surface area contributed by atoms with Crippen LogP contribution in [0.1, 0.15) is 0 Å². The van der Waals surface area contributed by atoms with E-state index >= 15 is 0 Å². The highest BCUT2D eigenvalue weighted by Crippen LogP contribution is 2.44. The van der Waals surface area contributed by atoms with Crippen molar-refractivity contribution in [2.75, 3.05) is 0 Å². The van der Waals surface area contributed by atoms with Gasteiger partial charge in [-0.1, -0.05) is 164 Å². The first-order valence-electron chi connectivity index (χ1n) is 20.0. The molecule has 0 bridgehead atoms. The van der Waals surface area contributed by atoms with Crippen LogP contribution in [0.2, 0.25) is 0 Å². The lowest BCUT2D eigenvalue weighted by Gasteiger charge is -2.13. The lowest BCUT2D eigenvalue weighted by molar-refractivity contribution is 1.17. The van der Waals surface area contributed by atoms with E-state index < -0.39 is 0 Å². The minimum atomic E-state index is 0.698. The van der Waals surface area contributed by atoms with Crippen molar-refractivity contribution in [2.45, 2.75) is 0 Å². The smallest absolute Gasteiger partial charge is 0.160 e. The molecule has 0 saturated carbocycles. The van der Waals surface area contributed by atoms with E-state index in [1.54, 1.807) is 0 Å². The van der Waals surface area contributed by atoms with Gasteiger partial charge in [-0.2, -0.15) is 0 Å². The third kappa shape index (κ3) is 5.49. The number of pyridine rings is 1. The van der Waals surface area contributed by atoms with Gasteiger partial charge in [0.05, 0.1) is 33.6 Å². The predicted octanol–water partition coefficient (Wildman–Crippen LogP) is 14.2. The van der Waals surface area contributed by atoms with Crippen LogP contribution in [-0.4, -0.2) is 19.5 Å². The van der Waals surface area contributed by atoms with Crippen LogP contribution >= 0.6 is 0 Å². The Hall–Kier alpha value is -7.95. The first kappa shape index (κ1) is 33.2. The van der Waals surface area contributed by atoms with Gasteiger partial charge in [0.2, 0.25) is 0 Å². The van der Waals surface area contributed by atoms with E-state index in [0.29, 0.717) is 5.82 Å². The Bertz CT molecular complexity index is 3550. The number of rotatable bonds is 5. The topological polar surface area (TPSA) is 43.6 Å². The summed E-state index contributed by atoms with van der Waals surface area (Å²) in [6, 6.07) is 73.3. The van der Waals surface area contributed by atoms with Crippen molar-refractivity contribution in [2.24, 2.45) is 0 Å². The molecule has 0 unspecified atom stereocenters. The highest BCUT2D eigenvalue weighted by atomic mass is 15.0. The van der Waals surface area contributed by atoms with Crippen molar-refractivity contribution in [1.29, 1.82) is 0 Å². The Kier molecular flexibility index (Phi) is 7.50. The zero-order valence-corrected chi connectivity index (χ0v) is 31.9. The van der Waals surface area contributed by atoms with Crippen molar-refractivity contribution >= 4 is 65.0 Å². The van der Waals surface area contributed by atoms with Crippen LogP contribution in [-0.2, 0) is 0 Å². The Labute approximate surface area is 340 Å². The molecular weight excluding hydrogens is 717 g/mol. The van der Waals surface area contributed by atoms with Crippen LogP contribution in [0, 0.1) is 0 Å². The summed E-state index contributed by atoms with van der Waals surface area (Å²) in [5.74, 6) is 0.698. The van der Waals surface area contributed by atoms with Gasteiger partial charge in [0.1, 0.15) is 0 Å². The van der Waals surface area contributed by atoms with Crippen LogP contribution in [0.25, 0.3) is 116 Å². The van der Waals surface area contributed by atoms with Gasteiger partial charge in [0.25, 0.3) is 0 Å². The lowest BCUT2D eigenvalue weighted by Crippen LogP contribution is -1.97. The fourth-order valence-electron chi connectivity index (χ4n) is 8.93.